The molecule has 6 nitrogen and oxygen atoms in total. The second-order valence-electron chi connectivity index (χ2n) is 3.44. The Morgan fingerprint density at radius 1 is 1.38 bits per heavy atom. The van der Waals surface area contributed by atoms with Crippen molar-refractivity contribution in [1.82, 2.24) is 9.91 Å². The van der Waals surface area contributed by atoms with Crippen LogP contribution in [0.3, 0.4) is 0 Å². The SMILES string of the molecule is CN(C)[N+]1(O)CCN(C(=O)O)CC1. The smallest absolute Gasteiger partial charge is 0.407 e. The number of nitrogens with zero attached hydrogens (tertiary/aromatic N) is 3. The van der Waals surface area contributed by atoms with Gasteiger partial charge in [0.05, 0.1) is 13.1 Å². The molecule has 1 saturated heterocycles. The highest BCUT2D eigenvalue weighted by Crippen LogP contribution is 2.10. The third kappa shape index (κ3) is 2.09. The third-order valence-corrected chi connectivity index (χ3v) is 2.47. The van der Waals surface area contributed by atoms with Gasteiger partial charge in [0, 0.05) is 14.1 Å². The Kier molecular flexibility index (Phi) is 2.74. The van der Waals surface area contributed by atoms with E-state index in [0.29, 0.717) is 26.2 Å². The van der Waals surface area contributed by atoms with Crippen molar-refractivity contribution in [3.8, 4) is 0 Å². The van der Waals surface area contributed by atoms with Crippen LogP contribution in [0.4, 0.5) is 4.79 Å². The number of rotatable bonds is 1. The lowest BCUT2D eigenvalue weighted by atomic mass is 10.3. The Morgan fingerprint density at radius 2 is 1.85 bits per heavy atom. The molecule has 0 saturated carbocycles. The summed E-state index contributed by atoms with van der Waals surface area (Å²) >= 11 is 0. The minimum absolute atomic E-state index is 0.177. The summed E-state index contributed by atoms with van der Waals surface area (Å²) in [7, 11) is 3.55. The Hall–Kier alpha value is -0.850. The van der Waals surface area contributed by atoms with E-state index >= 15 is 0 Å². The molecule has 13 heavy (non-hydrogen) atoms. The molecule has 1 rings (SSSR count). The fraction of sp³-hybridized carbons (Fsp3) is 0.857. The number of amides is 1. The van der Waals surface area contributed by atoms with Crippen LogP contribution in [0.1, 0.15) is 0 Å². The minimum atomic E-state index is -0.912. The zero-order valence-corrected chi connectivity index (χ0v) is 7.97. The fourth-order valence-corrected chi connectivity index (χ4v) is 1.38. The van der Waals surface area contributed by atoms with Crippen LogP contribution in [-0.2, 0) is 0 Å². The maximum absolute atomic E-state index is 10.6. The van der Waals surface area contributed by atoms with Gasteiger partial charge in [-0.2, -0.15) is 5.21 Å². The summed E-state index contributed by atoms with van der Waals surface area (Å²) in [6.45, 7) is 1.59. The number of hydrogen-bond acceptors (Lipinski definition) is 3. The molecule has 1 aliphatic rings. The van der Waals surface area contributed by atoms with E-state index < -0.39 is 6.09 Å². The van der Waals surface area contributed by atoms with E-state index in [-0.39, 0.29) is 4.76 Å². The van der Waals surface area contributed by atoms with E-state index in [4.69, 9.17) is 5.11 Å². The molecule has 0 aromatic heterocycles. The highest BCUT2D eigenvalue weighted by molar-refractivity contribution is 5.64. The normalized spacial score (nSPS) is 22.0. The standard InChI is InChI=1S/C7H15N3O3/c1-8(2)10(13)5-3-9(4-6-10)7(11)12/h13H,3-6H2,1-2H3/p+1. The summed E-state index contributed by atoms with van der Waals surface area (Å²) in [5.74, 6) is 0. The fourth-order valence-electron chi connectivity index (χ4n) is 1.38. The maximum Gasteiger partial charge on any atom is 0.407 e. The predicted molar refractivity (Wildman–Crippen MR) is 45.1 cm³/mol. The molecule has 0 bridgehead atoms. The first-order valence-electron chi connectivity index (χ1n) is 4.21. The Morgan fingerprint density at radius 3 is 2.15 bits per heavy atom. The molecular formula is C7H16N3O3+. The van der Waals surface area contributed by atoms with Crippen molar-refractivity contribution in [2.24, 2.45) is 0 Å². The van der Waals surface area contributed by atoms with E-state index in [2.05, 4.69) is 0 Å². The van der Waals surface area contributed by atoms with E-state index in [1.165, 1.54) is 4.90 Å². The van der Waals surface area contributed by atoms with Gasteiger partial charge in [0.15, 0.2) is 0 Å². The quantitative estimate of drug-likeness (QED) is 0.555. The topological polar surface area (TPSA) is 64.0 Å². The van der Waals surface area contributed by atoms with Gasteiger partial charge in [-0.05, 0) is 0 Å². The zero-order valence-electron chi connectivity index (χ0n) is 7.97. The number of carboxylic acid groups (broad SMARTS) is 1. The van der Waals surface area contributed by atoms with Crippen LogP contribution in [0, 0.1) is 0 Å². The Bertz CT molecular complexity index is 199. The van der Waals surface area contributed by atoms with Gasteiger partial charge >= 0.3 is 6.09 Å². The molecule has 0 aromatic rings. The van der Waals surface area contributed by atoms with Crippen molar-refractivity contribution in [1.29, 1.82) is 0 Å². The second kappa shape index (κ2) is 3.49. The van der Waals surface area contributed by atoms with Crippen molar-refractivity contribution in [3.05, 3.63) is 0 Å². The number of quaternary nitrogens is 1. The molecule has 0 atom stereocenters. The van der Waals surface area contributed by atoms with Crippen LogP contribution in [-0.4, -0.2) is 71.3 Å². The van der Waals surface area contributed by atoms with Crippen molar-refractivity contribution in [2.45, 2.75) is 0 Å². The van der Waals surface area contributed by atoms with Gasteiger partial charge in [-0.15, -0.1) is 9.76 Å². The average molecular weight is 190 g/mol. The lowest BCUT2D eigenvalue weighted by Crippen LogP contribution is -2.64. The summed E-state index contributed by atoms with van der Waals surface area (Å²) < 4.78 is -0.177. The first-order valence-corrected chi connectivity index (χ1v) is 4.21. The average Bonchev–Trinajstić information content (AvgIpc) is 2.04. The van der Waals surface area contributed by atoms with Crippen LogP contribution in [0.5, 0.6) is 0 Å². The first kappa shape index (κ1) is 10.2. The predicted octanol–water partition coefficient (Wildman–Crippen LogP) is -0.337. The summed E-state index contributed by atoms with van der Waals surface area (Å²) in [4.78, 5) is 11.9. The highest BCUT2D eigenvalue weighted by Gasteiger charge is 2.36. The highest BCUT2D eigenvalue weighted by atomic mass is 16.6. The third-order valence-electron chi connectivity index (χ3n) is 2.47. The zero-order chi connectivity index (χ0) is 10.1. The molecule has 0 aliphatic carbocycles. The molecule has 0 spiro atoms. The van der Waals surface area contributed by atoms with Crippen LogP contribution in [0.25, 0.3) is 0 Å². The van der Waals surface area contributed by atoms with Gasteiger partial charge in [0.25, 0.3) is 0 Å². The van der Waals surface area contributed by atoms with Crippen molar-refractivity contribution < 1.29 is 19.9 Å². The van der Waals surface area contributed by atoms with E-state index in [1.807, 2.05) is 0 Å². The second-order valence-corrected chi connectivity index (χ2v) is 3.44. The molecule has 1 amide bonds. The molecule has 0 radical (unpaired) electrons. The maximum atomic E-state index is 10.6. The molecule has 0 aromatic carbocycles. The summed E-state index contributed by atoms with van der Waals surface area (Å²) in [5, 5.41) is 20.2. The lowest BCUT2D eigenvalue weighted by molar-refractivity contribution is -1.18. The molecular weight excluding hydrogens is 174 g/mol. The van der Waals surface area contributed by atoms with E-state index in [9.17, 15) is 10.0 Å². The Balaban J connectivity index is 2.51. The summed E-state index contributed by atoms with van der Waals surface area (Å²) in [6, 6.07) is 0. The molecule has 76 valence electrons. The lowest BCUT2D eigenvalue weighted by Gasteiger charge is -2.40. The van der Waals surface area contributed by atoms with Crippen LogP contribution < -0.4 is 0 Å². The van der Waals surface area contributed by atoms with Gasteiger partial charge in [-0.1, -0.05) is 0 Å². The van der Waals surface area contributed by atoms with Crippen molar-refractivity contribution in [2.75, 3.05) is 40.3 Å². The first-order chi connectivity index (χ1) is 5.96. The van der Waals surface area contributed by atoms with E-state index in [0.717, 1.165) is 0 Å². The minimum Gasteiger partial charge on any atom is -0.465 e. The molecule has 2 N–H and O–H groups in total. The number of piperazine rings is 1. The monoisotopic (exact) mass is 190 g/mol. The van der Waals surface area contributed by atoms with Gasteiger partial charge in [0.2, 0.25) is 0 Å². The molecule has 6 heteroatoms. The van der Waals surface area contributed by atoms with Gasteiger partial charge < -0.3 is 5.11 Å². The molecule has 1 fully saturated rings. The van der Waals surface area contributed by atoms with Crippen LogP contribution >= 0.6 is 0 Å². The van der Waals surface area contributed by atoms with Crippen molar-refractivity contribution in [3.63, 3.8) is 0 Å². The van der Waals surface area contributed by atoms with Crippen LogP contribution in [0.2, 0.25) is 0 Å². The Labute approximate surface area is 77.1 Å². The number of hydrogen-bond donors (Lipinski definition) is 2. The van der Waals surface area contributed by atoms with Gasteiger partial charge in [0.1, 0.15) is 13.1 Å². The summed E-state index contributed by atoms with van der Waals surface area (Å²) in [5.41, 5.74) is 0. The van der Waals surface area contributed by atoms with Crippen molar-refractivity contribution >= 4 is 6.09 Å². The summed E-state index contributed by atoms with van der Waals surface area (Å²) in [6.07, 6.45) is -0.912. The number of hydroxylamine groups is 2. The largest absolute Gasteiger partial charge is 0.465 e. The van der Waals surface area contributed by atoms with Gasteiger partial charge in [-0.25, -0.2) is 4.79 Å². The number of carbonyl (C=O) groups is 1. The molecule has 0 unspecified atom stereocenters. The molecule has 1 aliphatic heterocycles. The van der Waals surface area contributed by atoms with Gasteiger partial charge in [-0.3, -0.25) is 4.90 Å². The van der Waals surface area contributed by atoms with Crippen LogP contribution in [0.15, 0.2) is 0 Å². The molecule has 1 heterocycles. The van der Waals surface area contributed by atoms with E-state index in [1.54, 1.807) is 19.1 Å².